The molecule has 2 aromatic rings. The van der Waals surface area contributed by atoms with Crippen LogP contribution in [0.15, 0.2) is 48.8 Å². The lowest BCUT2D eigenvalue weighted by Crippen LogP contribution is -2.50. The number of likely N-dealkylation sites (tertiary alicyclic amines) is 2. The summed E-state index contributed by atoms with van der Waals surface area (Å²) in [6, 6.07) is 11.3. The van der Waals surface area contributed by atoms with E-state index in [-0.39, 0.29) is 23.5 Å². The molecular weight excluding hydrogens is 392 g/mol. The number of hydrogen-bond acceptors (Lipinski definition) is 4. The summed E-state index contributed by atoms with van der Waals surface area (Å²) >= 11 is 0. The summed E-state index contributed by atoms with van der Waals surface area (Å²) in [6.45, 7) is 8.56. The molecule has 0 spiro atoms. The minimum Gasteiger partial charge on any atom is -0.489 e. The number of hydrogen-bond donors (Lipinski definition) is 1. The molecule has 1 aromatic carbocycles. The Morgan fingerprint density at radius 2 is 1.81 bits per heavy atom. The number of benzene rings is 1. The van der Waals surface area contributed by atoms with E-state index in [1.165, 1.54) is 5.56 Å². The summed E-state index contributed by atoms with van der Waals surface area (Å²) in [6.07, 6.45) is 4.44. The summed E-state index contributed by atoms with van der Waals surface area (Å²) in [4.78, 5) is 32.7. The van der Waals surface area contributed by atoms with Crippen molar-refractivity contribution in [3.8, 4) is 5.75 Å². The van der Waals surface area contributed by atoms with Gasteiger partial charge in [-0.05, 0) is 35.9 Å². The minimum absolute atomic E-state index is 0.00256. The number of nitrogens with zero attached hydrogens (tertiary/aromatic N) is 3. The number of carbonyl (C=O) groups excluding carboxylic acids is 2. The summed E-state index contributed by atoms with van der Waals surface area (Å²) < 4.78 is 6.05. The van der Waals surface area contributed by atoms with E-state index in [0.717, 1.165) is 24.4 Å². The molecule has 1 unspecified atom stereocenters. The fourth-order valence-corrected chi connectivity index (χ4v) is 3.97. The maximum atomic E-state index is 12.4. The second-order valence-electron chi connectivity index (χ2n) is 9.37. The van der Waals surface area contributed by atoms with E-state index in [1.807, 2.05) is 68.3 Å². The van der Waals surface area contributed by atoms with E-state index in [4.69, 9.17) is 4.74 Å². The van der Waals surface area contributed by atoms with Crippen LogP contribution in [-0.2, 0) is 4.79 Å². The number of urea groups is 1. The van der Waals surface area contributed by atoms with E-state index < -0.39 is 0 Å². The highest BCUT2D eigenvalue weighted by atomic mass is 16.5. The largest absolute Gasteiger partial charge is 0.489 e. The number of anilines is 1. The third-order valence-corrected chi connectivity index (χ3v) is 5.81. The molecule has 164 valence electrons. The number of pyridine rings is 1. The van der Waals surface area contributed by atoms with Gasteiger partial charge in [0.25, 0.3) is 0 Å². The molecule has 2 saturated heterocycles. The van der Waals surface area contributed by atoms with Crippen LogP contribution in [0.5, 0.6) is 5.75 Å². The first kappa shape index (κ1) is 21.2. The van der Waals surface area contributed by atoms with Gasteiger partial charge in [-0.25, -0.2) is 4.79 Å². The average Bonchev–Trinajstić information content (AvgIpc) is 3.16. The van der Waals surface area contributed by atoms with Crippen molar-refractivity contribution in [2.75, 3.05) is 31.5 Å². The van der Waals surface area contributed by atoms with Crippen molar-refractivity contribution in [1.29, 1.82) is 0 Å². The molecule has 7 heteroatoms. The van der Waals surface area contributed by atoms with E-state index in [9.17, 15) is 9.59 Å². The van der Waals surface area contributed by atoms with Crippen LogP contribution in [0, 0.1) is 5.41 Å². The Hall–Kier alpha value is -3.09. The SMILES string of the molecule is CC(C)(C)C(=O)N1CCC(Oc2ccc(NC(=O)N3CC(c4cccnc4)C3)cc2)C1. The van der Waals surface area contributed by atoms with Gasteiger partial charge in [0.15, 0.2) is 0 Å². The molecule has 2 aliphatic rings. The maximum Gasteiger partial charge on any atom is 0.321 e. The van der Waals surface area contributed by atoms with Crippen molar-refractivity contribution in [1.82, 2.24) is 14.8 Å². The van der Waals surface area contributed by atoms with Gasteiger partial charge in [-0.3, -0.25) is 9.78 Å². The molecular formula is C24H30N4O3. The molecule has 0 aliphatic carbocycles. The van der Waals surface area contributed by atoms with Crippen LogP contribution in [0.2, 0.25) is 0 Å². The molecule has 31 heavy (non-hydrogen) atoms. The van der Waals surface area contributed by atoms with Crippen molar-refractivity contribution in [2.45, 2.75) is 39.2 Å². The highest BCUT2D eigenvalue weighted by molar-refractivity contribution is 5.90. The zero-order valence-corrected chi connectivity index (χ0v) is 18.4. The summed E-state index contributed by atoms with van der Waals surface area (Å²) in [5.41, 5.74) is 1.53. The summed E-state index contributed by atoms with van der Waals surface area (Å²) in [5, 5.41) is 2.94. The van der Waals surface area contributed by atoms with Gasteiger partial charge in [0.05, 0.1) is 6.54 Å². The first-order valence-electron chi connectivity index (χ1n) is 10.8. The van der Waals surface area contributed by atoms with Crippen molar-refractivity contribution < 1.29 is 14.3 Å². The van der Waals surface area contributed by atoms with Gasteiger partial charge in [0.1, 0.15) is 11.9 Å². The number of nitrogens with one attached hydrogen (secondary N) is 1. The van der Waals surface area contributed by atoms with E-state index in [0.29, 0.717) is 25.6 Å². The highest BCUT2D eigenvalue weighted by Crippen LogP contribution is 2.28. The minimum atomic E-state index is -0.372. The van der Waals surface area contributed by atoms with Crippen LogP contribution in [0.1, 0.15) is 38.7 Å². The maximum absolute atomic E-state index is 12.4. The molecule has 1 N–H and O–H groups in total. The predicted octanol–water partition coefficient (Wildman–Crippen LogP) is 3.74. The third-order valence-electron chi connectivity index (χ3n) is 5.81. The monoisotopic (exact) mass is 422 g/mol. The zero-order valence-electron chi connectivity index (χ0n) is 18.4. The predicted molar refractivity (Wildman–Crippen MR) is 119 cm³/mol. The first-order valence-corrected chi connectivity index (χ1v) is 10.8. The third kappa shape index (κ3) is 4.98. The van der Waals surface area contributed by atoms with Gasteiger partial charge < -0.3 is 19.9 Å². The molecule has 2 fully saturated rings. The van der Waals surface area contributed by atoms with Crippen molar-refractivity contribution in [3.63, 3.8) is 0 Å². The van der Waals surface area contributed by atoms with Crippen LogP contribution < -0.4 is 10.1 Å². The van der Waals surface area contributed by atoms with E-state index in [1.54, 1.807) is 11.1 Å². The number of amides is 3. The first-order chi connectivity index (χ1) is 14.8. The Balaban J connectivity index is 1.24. The Morgan fingerprint density at radius 1 is 1.06 bits per heavy atom. The zero-order chi connectivity index (χ0) is 22.0. The van der Waals surface area contributed by atoms with Crippen LogP contribution in [0.25, 0.3) is 0 Å². The molecule has 0 saturated carbocycles. The molecule has 2 aliphatic heterocycles. The molecule has 4 rings (SSSR count). The second kappa shape index (κ2) is 8.57. The molecule has 1 aromatic heterocycles. The van der Waals surface area contributed by atoms with Gasteiger partial charge in [-0.2, -0.15) is 0 Å². The topological polar surface area (TPSA) is 74.8 Å². The lowest BCUT2D eigenvalue weighted by molar-refractivity contribution is -0.138. The standard InChI is InChI=1S/C24H30N4O3/c1-24(2,3)22(29)27-12-10-21(16-27)31-20-8-6-19(7-9-20)26-23(30)28-14-18(15-28)17-5-4-11-25-13-17/h4-9,11,13,18,21H,10,12,14-16H2,1-3H3,(H,26,30). The Bertz CT molecular complexity index is 918. The van der Waals surface area contributed by atoms with E-state index >= 15 is 0 Å². The molecule has 7 nitrogen and oxygen atoms in total. The Morgan fingerprint density at radius 3 is 2.45 bits per heavy atom. The normalized spacial score (nSPS) is 19.1. The molecule has 1 atom stereocenters. The molecule has 0 radical (unpaired) electrons. The number of rotatable bonds is 4. The van der Waals surface area contributed by atoms with Crippen molar-refractivity contribution >= 4 is 17.6 Å². The number of aromatic nitrogens is 1. The van der Waals surface area contributed by atoms with Gasteiger partial charge in [0.2, 0.25) is 5.91 Å². The van der Waals surface area contributed by atoms with Crippen molar-refractivity contribution in [3.05, 3.63) is 54.4 Å². The van der Waals surface area contributed by atoms with Crippen LogP contribution in [0.4, 0.5) is 10.5 Å². The fraction of sp³-hybridized carbons (Fsp3) is 0.458. The summed E-state index contributed by atoms with van der Waals surface area (Å²) in [5.74, 6) is 1.26. The van der Waals surface area contributed by atoms with Crippen LogP contribution >= 0.6 is 0 Å². The summed E-state index contributed by atoms with van der Waals surface area (Å²) in [7, 11) is 0. The fourth-order valence-electron chi connectivity index (χ4n) is 3.97. The Kier molecular flexibility index (Phi) is 5.85. The molecule has 3 heterocycles. The van der Waals surface area contributed by atoms with Crippen molar-refractivity contribution in [2.24, 2.45) is 5.41 Å². The Labute approximate surface area is 183 Å². The van der Waals surface area contributed by atoms with Gasteiger partial charge in [-0.1, -0.05) is 26.8 Å². The second-order valence-corrected chi connectivity index (χ2v) is 9.37. The molecule has 3 amide bonds. The van der Waals surface area contributed by atoms with Gasteiger partial charge in [-0.15, -0.1) is 0 Å². The average molecular weight is 423 g/mol. The lowest BCUT2D eigenvalue weighted by atomic mass is 9.93. The highest BCUT2D eigenvalue weighted by Gasteiger charge is 2.34. The van der Waals surface area contributed by atoms with Crippen LogP contribution in [-0.4, -0.2) is 59.0 Å². The smallest absolute Gasteiger partial charge is 0.321 e. The van der Waals surface area contributed by atoms with Crippen LogP contribution in [0.3, 0.4) is 0 Å². The lowest BCUT2D eigenvalue weighted by Gasteiger charge is -2.39. The van der Waals surface area contributed by atoms with E-state index in [2.05, 4.69) is 10.3 Å². The number of carbonyl (C=O) groups is 2. The quantitative estimate of drug-likeness (QED) is 0.815. The molecule has 0 bridgehead atoms. The number of ether oxygens (including phenoxy) is 1. The van der Waals surface area contributed by atoms with Gasteiger partial charge >= 0.3 is 6.03 Å². The van der Waals surface area contributed by atoms with Gasteiger partial charge in [0, 0.05) is 55.5 Å².